The van der Waals surface area contributed by atoms with Crippen LogP contribution in [0, 0.1) is 0 Å². The Morgan fingerprint density at radius 1 is 1.32 bits per heavy atom. The largest absolute Gasteiger partial charge is 0.481 e. The first kappa shape index (κ1) is 13.3. The van der Waals surface area contributed by atoms with Crippen molar-refractivity contribution in [2.75, 3.05) is 5.32 Å². The van der Waals surface area contributed by atoms with Gasteiger partial charge in [0, 0.05) is 11.3 Å². The molecule has 2 rings (SSSR count). The van der Waals surface area contributed by atoms with Crippen molar-refractivity contribution < 1.29 is 14.7 Å². The van der Waals surface area contributed by atoms with Crippen LogP contribution in [-0.2, 0) is 16.0 Å². The van der Waals surface area contributed by atoms with Crippen LogP contribution in [0.2, 0.25) is 0 Å². The maximum atomic E-state index is 12.1. The van der Waals surface area contributed by atoms with Crippen molar-refractivity contribution in [1.29, 1.82) is 0 Å². The zero-order valence-corrected chi connectivity index (χ0v) is 10.9. The fourth-order valence-corrected chi connectivity index (χ4v) is 2.34. The normalized spacial score (nSPS) is 14.6. The van der Waals surface area contributed by atoms with Crippen molar-refractivity contribution in [2.24, 2.45) is 0 Å². The van der Waals surface area contributed by atoms with Crippen LogP contribution in [0.5, 0.6) is 0 Å². The van der Waals surface area contributed by atoms with E-state index in [0.29, 0.717) is 11.3 Å². The van der Waals surface area contributed by atoms with Gasteiger partial charge in [0.05, 0.1) is 6.42 Å². The number of hydrogen-bond donors (Lipinski definition) is 2. The van der Waals surface area contributed by atoms with Crippen LogP contribution in [0.15, 0.2) is 35.4 Å². The summed E-state index contributed by atoms with van der Waals surface area (Å²) in [6.07, 6.45) is 2.81. The van der Waals surface area contributed by atoms with E-state index in [0.717, 1.165) is 30.4 Å². The maximum absolute atomic E-state index is 12.1. The van der Waals surface area contributed by atoms with Crippen LogP contribution in [0.1, 0.15) is 31.7 Å². The molecule has 1 aromatic carbocycles. The number of anilines is 1. The summed E-state index contributed by atoms with van der Waals surface area (Å²) in [5.41, 5.74) is 3.35. The van der Waals surface area contributed by atoms with Gasteiger partial charge in [-0.1, -0.05) is 17.7 Å². The number of carboxylic acid groups (broad SMARTS) is 1. The van der Waals surface area contributed by atoms with E-state index < -0.39 is 5.97 Å². The van der Waals surface area contributed by atoms with E-state index in [1.165, 1.54) is 0 Å². The summed E-state index contributed by atoms with van der Waals surface area (Å²) in [5.74, 6) is -0.944. The lowest BCUT2D eigenvalue weighted by molar-refractivity contribution is -0.136. The first-order valence-electron chi connectivity index (χ1n) is 6.37. The topological polar surface area (TPSA) is 66.4 Å². The van der Waals surface area contributed by atoms with E-state index in [-0.39, 0.29) is 12.3 Å². The number of rotatable bonds is 4. The fourth-order valence-electron chi connectivity index (χ4n) is 2.34. The van der Waals surface area contributed by atoms with E-state index in [4.69, 9.17) is 5.11 Å². The Balaban J connectivity index is 2.09. The zero-order chi connectivity index (χ0) is 13.8. The quantitative estimate of drug-likeness (QED) is 0.873. The van der Waals surface area contributed by atoms with E-state index in [2.05, 4.69) is 5.32 Å². The monoisotopic (exact) mass is 259 g/mol. The van der Waals surface area contributed by atoms with Crippen LogP contribution in [0.3, 0.4) is 0 Å². The van der Waals surface area contributed by atoms with Gasteiger partial charge in [-0.25, -0.2) is 0 Å². The van der Waals surface area contributed by atoms with Crippen LogP contribution in [-0.4, -0.2) is 17.0 Å². The second-order valence-corrected chi connectivity index (χ2v) is 4.84. The zero-order valence-electron chi connectivity index (χ0n) is 10.9. The number of carbonyl (C=O) groups excluding carboxylic acids is 1. The lowest BCUT2D eigenvalue weighted by atomic mass is 10.1. The van der Waals surface area contributed by atoms with Crippen molar-refractivity contribution in [3.63, 3.8) is 0 Å². The number of carbonyl (C=O) groups is 2. The Labute approximate surface area is 112 Å². The van der Waals surface area contributed by atoms with Crippen molar-refractivity contribution in [1.82, 2.24) is 0 Å². The Morgan fingerprint density at radius 3 is 2.74 bits per heavy atom. The number of allylic oxidation sites excluding steroid dienone is 1. The van der Waals surface area contributed by atoms with Gasteiger partial charge in [-0.3, -0.25) is 9.59 Å². The highest BCUT2D eigenvalue weighted by atomic mass is 16.4. The molecule has 0 saturated carbocycles. The first-order valence-corrected chi connectivity index (χ1v) is 6.37. The Bertz CT molecular complexity index is 546. The second-order valence-electron chi connectivity index (χ2n) is 4.84. The van der Waals surface area contributed by atoms with E-state index in [1.54, 1.807) is 24.3 Å². The number of hydrogen-bond acceptors (Lipinski definition) is 2. The summed E-state index contributed by atoms with van der Waals surface area (Å²) in [4.78, 5) is 22.7. The van der Waals surface area contributed by atoms with E-state index in [9.17, 15) is 9.59 Å². The van der Waals surface area contributed by atoms with E-state index in [1.807, 2.05) is 6.92 Å². The van der Waals surface area contributed by atoms with Gasteiger partial charge in [0.25, 0.3) is 5.91 Å². The van der Waals surface area contributed by atoms with Gasteiger partial charge in [0.2, 0.25) is 0 Å². The third-order valence-electron chi connectivity index (χ3n) is 3.31. The molecule has 1 amide bonds. The Kier molecular flexibility index (Phi) is 4.00. The van der Waals surface area contributed by atoms with E-state index >= 15 is 0 Å². The van der Waals surface area contributed by atoms with Crippen LogP contribution in [0.25, 0.3) is 0 Å². The van der Waals surface area contributed by atoms with Gasteiger partial charge in [0.15, 0.2) is 0 Å². The molecule has 0 radical (unpaired) electrons. The molecule has 0 fully saturated rings. The first-order chi connectivity index (χ1) is 9.06. The van der Waals surface area contributed by atoms with Crippen LogP contribution in [0.4, 0.5) is 5.69 Å². The molecule has 0 bridgehead atoms. The molecule has 19 heavy (non-hydrogen) atoms. The molecule has 100 valence electrons. The molecule has 0 atom stereocenters. The maximum Gasteiger partial charge on any atom is 0.307 e. The lowest BCUT2D eigenvalue weighted by Crippen LogP contribution is -2.14. The molecule has 1 aliphatic rings. The number of nitrogens with one attached hydrogen (secondary N) is 1. The Hall–Kier alpha value is -2.10. The average Bonchev–Trinajstić information content (AvgIpc) is 2.75. The van der Waals surface area contributed by atoms with Gasteiger partial charge in [-0.15, -0.1) is 0 Å². The molecule has 4 nitrogen and oxygen atoms in total. The number of aliphatic carboxylic acids is 1. The van der Waals surface area contributed by atoms with Gasteiger partial charge in [0.1, 0.15) is 0 Å². The number of carboxylic acids is 1. The molecule has 4 heteroatoms. The molecule has 0 unspecified atom stereocenters. The van der Waals surface area contributed by atoms with Crippen molar-refractivity contribution in [3.05, 3.63) is 41.0 Å². The molecule has 2 N–H and O–H groups in total. The molecular formula is C15H17NO3. The molecule has 0 saturated heterocycles. The fraction of sp³-hybridized carbons (Fsp3) is 0.333. The minimum absolute atomic E-state index is 0.0363. The lowest BCUT2D eigenvalue weighted by Gasteiger charge is -2.08. The number of benzene rings is 1. The second kappa shape index (κ2) is 5.69. The number of amides is 1. The molecule has 0 spiro atoms. The summed E-state index contributed by atoms with van der Waals surface area (Å²) >= 11 is 0. The van der Waals surface area contributed by atoms with Gasteiger partial charge in [-0.05, 0) is 43.9 Å². The minimum atomic E-state index is -0.877. The molecule has 0 aromatic heterocycles. The molecule has 1 aliphatic carbocycles. The summed E-state index contributed by atoms with van der Waals surface area (Å²) in [6, 6.07) is 6.97. The van der Waals surface area contributed by atoms with Crippen molar-refractivity contribution in [2.45, 2.75) is 32.6 Å². The predicted molar refractivity (Wildman–Crippen MR) is 73.0 cm³/mol. The predicted octanol–water partition coefficient (Wildman–Crippen LogP) is 2.75. The summed E-state index contributed by atoms with van der Waals surface area (Å²) in [5, 5.41) is 11.6. The molecule has 0 aliphatic heterocycles. The summed E-state index contributed by atoms with van der Waals surface area (Å²) in [7, 11) is 0. The molecule has 0 heterocycles. The van der Waals surface area contributed by atoms with Gasteiger partial charge in [-0.2, -0.15) is 0 Å². The smallest absolute Gasteiger partial charge is 0.307 e. The third-order valence-corrected chi connectivity index (χ3v) is 3.31. The third kappa shape index (κ3) is 3.44. The highest BCUT2D eigenvalue weighted by Crippen LogP contribution is 2.26. The molecular weight excluding hydrogens is 242 g/mol. The van der Waals surface area contributed by atoms with Gasteiger partial charge >= 0.3 is 5.97 Å². The van der Waals surface area contributed by atoms with Crippen LogP contribution < -0.4 is 5.32 Å². The molecule has 1 aromatic rings. The Morgan fingerprint density at radius 2 is 2.11 bits per heavy atom. The summed E-state index contributed by atoms with van der Waals surface area (Å²) < 4.78 is 0. The van der Waals surface area contributed by atoms with Crippen molar-refractivity contribution >= 4 is 17.6 Å². The SMILES string of the molecule is CC1=C(C(=O)Nc2cccc(CC(=O)O)c2)CCC1. The van der Waals surface area contributed by atoms with Gasteiger partial charge < -0.3 is 10.4 Å². The van der Waals surface area contributed by atoms with Crippen molar-refractivity contribution in [3.8, 4) is 0 Å². The standard InChI is InChI=1S/C15H17NO3/c1-10-4-2-7-13(10)15(19)16-12-6-3-5-11(8-12)9-14(17)18/h3,5-6,8H,2,4,7,9H2,1H3,(H,16,19)(H,17,18). The highest BCUT2D eigenvalue weighted by Gasteiger charge is 2.18. The van der Waals surface area contributed by atoms with Crippen LogP contribution >= 0.6 is 0 Å². The summed E-state index contributed by atoms with van der Waals surface area (Å²) in [6.45, 7) is 1.99. The average molecular weight is 259 g/mol. The minimum Gasteiger partial charge on any atom is -0.481 e. The highest BCUT2D eigenvalue weighted by molar-refractivity contribution is 6.04.